The highest BCUT2D eigenvalue weighted by atomic mass is 32.2. The summed E-state index contributed by atoms with van der Waals surface area (Å²) in [4.78, 5) is 26.2. The normalized spacial score (nSPS) is 26.7. The predicted molar refractivity (Wildman–Crippen MR) is 85.6 cm³/mol. The number of rotatable bonds is 3. The van der Waals surface area contributed by atoms with Crippen LogP contribution in [0, 0.1) is 0 Å². The molecule has 2 aliphatic heterocycles. The number of carbonyl (C=O) groups excluding carboxylic acids is 2. The van der Waals surface area contributed by atoms with E-state index in [2.05, 4.69) is 15.5 Å². The number of carbonyl (C=O) groups is 2. The first-order chi connectivity index (χ1) is 11.1. The Hall–Kier alpha value is -2.09. The maximum absolute atomic E-state index is 12.5. The van der Waals surface area contributed by atoms with Crippen molar-refractivity contribution in [1.82, 2.24) is 24.8 Å². The Kier molecular flexibility index (Phi) is 3.29. The Morgan fingerprint density at radius 1 is 1.48 bits per heavy atom. The molecule has 2 aromatic heterocycles. The standard InChI is InChI=1S/C15H17N5O2S/c1-15-6-5-13(21)20(15)10(9-23-15)14(22)16-8-12-18-17-11-4-2-3-7-19(11)12/h2-4,7,10H,5-6,8-9H2,1H3,(H,16,22)/t10-,15-/m0/s1. The molecule has 0 radical (unpaired) electrons. The zero-order valence-corrected chi connectivity index (χ0v) is 13.5. The molecular weight excluding hydrogens is 314 g/mol. The summed E-state index contributed by atoms with van der Waals surface area (Å²) in [5, 5.41) is 11.1. The monoisotopic (exact) mass is 331 g/mol. The van der Waals surface area contributed by atoms with E-state index in [1.54, 1.807) is 16.7 Å². The van der Waals surface area contributed by atoms with E-state index in [4.69, 9.17) is 0 Å². The van der Waals surface area contributed by atoms with Crippen LogP contribution in [-0.2, 0) is 16.1 Å². The van der Waals surface area contributed by atoms with Gasteiger partial charge in [-0.1, -0.05) is 6.07 Å². The maximum atomic E-state index is 12.5. The van der Waals surface area contributed by atoms with Crippen LogP contribution in [0.15, 0.2) is 24.4 Å². The molecule has 8 heteroatoms. The molecule has 2 amide bonds. The summed E-state index contributed by atoms with van der Waals surface area (Å²) in [6.45, 7) is 2.34. The van der Waals surface area contributed by atoms with Gasteiger partial charge in [0.15, 0.2) is 11.5 Å². The van der Waals surface area contributed by atoms with Gasteiger partial charge in [-0.25, -0.2) is 0 Å². The minimum atomic E-state index is -0.390. The minimum Gasteiger partial charge on any atom is -0.347 e. The van der Waals surface area contributed by atoms with Crippen LogP contribution in [0.5, 0.6) is 0 Å². The number of fused-ring (bicyclic) bond motifs is 2. The van der Waals surface area contributed by atoms with Gasteiger partial charge in [0.05, 0.1) is 11.4 Å². The summed E-state index contributed by atoms with van der Waals surface area (Å²) >= 11 is 1.69. The van der Waals surface area contributed by atoms with E-state index in [1.807, 2.05) is 35.7 Å². The molecule has 0 aromatic carbocycles. The van der Waals surface area contributed by atoms with Gasteiger partial charge in [-0.2, -0.15) is 0 Å². The quantitative estimate of drug-likeness (QED) is 0.900. The number of hydrogen-bond donors (Lipinski definition) is 1. The molecule has 2 saturated heterocycles. The first-order valence-electron chi connectivity index (χ1n) is 7.61. The molecule has 2 aliphatic rings. The van der Waals surface area contributed by atoms with Crippen LogP contribution >= 0.6 is 11.8 Å². The number of aromatic nitrogens is 3. The molecule has 2 atom stereocenters. The Morgan fingerprint density at radius 3 is 3.22 bits per heavy atom. The third-order valence-electron chi connectivity index (χ3n) is 4.55. The molecule has 7 nitrogen and oxygen atoms in total. The average molecular weight is 331 g/mol. The lowest BCUT2D eigenvalue weighted by Crippen LogP contribution is -2.50. The number of hydrogen-bond acceptors (Lipinski definition) is 5. The minimum absolute atomic E-state index is 0.0746. The van der Waals surface area contributed by atoms with Gasteiger partial charge >= 0.3 is 0 Å². The number of pyridine rings is 1. The molecule has 4 heterocycles. The van der Waals surface area contributed by atoms with Crippen molar-refractivity contribution in [3.05, 3.63) is 30.2 Å². The molecule has 0 aliphatic carbocycles. The van der Waals surface area contributed by atoms with Gasteiger partial charge in [-0.05, 0) is 25.5 Å². The summed E-state index contributed by atoms with van der Waals surface area (Å²) in [6.07, 6.45) is 3.21. The molecule has 120 valence electrons. The van der Waals surface area contributed by atoms with Gasteiger partial charge in [0, 0.05) is 18.4 Å². The van der Waals surface area contributed by atoms with E-state index in [0.29, 0.717) is 24.5 Å². The lowest BCUT2D eigenvalue weighted by molar-refractivity contribution is -0.138. The highest BCUT2D eigenvalue weighted by Gasteiger charge is 2.52. The van der Waals surface area contributed by atoms with Crippen molar-refractivity contribution < 1.29 is 9.59 Å². The second kappa shape index (κ2) is 5.23. The largest absolute Gasteiger partial charge is 0.347 e. The number of amides is 2. The molecule has 0 spiro atoms. The summed E-state index contributed by atoms with van der Waals surface area (Å²) < 4.78 is 1.84. The fourth-order valence-corrected chi connectivity index (χ4v) is 4.74. The molecular formula is C15H17N5O2S. The molecule has 2 aromatic rings. The summed E-state index contributed by atoms with van der Waals surface area (Å²) in [5.41, 5.74) is 0.746. The van der Waals surface area contributed by atoms with E-state index < -0.39 is 0 Å². The Bertz CT molecular complexity index is 791. The zero-order valence-electron chi connectivity index (χ0n) is 12.7. The van der Waals surface area contributed by atoms with Gasteiger partial charge in [-0.3, -0.25) is 14.0 Å². The van der Waals surface area contributed by atoms with Crippen LogP contribution in [0.1, 0.15) is 25.6 Å². The van der Waals surface area contributed by atoms with Crippen LogP contribution in [-0.4, -0.2) is 48.0 Å². The average Bonchev–Trinajstić information content (AvgIpc) is 3.19. The van der Waals surface area contributed by atoms with E-state index in [-0.39, 0.29) is 22.7 Å². The molecule has 0 unspecified atom stereocenters. The second-order valence-corrected chi connectivity index (χ2v) is 7.53. The maximum Gasteiger partial charge on any atom is 0.244 e. The Labute approximate surface area is 137 Å². The number of nitrogens with zero attached hydrogens (tertiary/aromatic N) is 4. The third kappa shape index (κ3) is 2.28. The van der Waals surface area contributed by atoms with Crippen LogP contribution < -0.4 is 5.32 Å². The lowest BCUT2D eigenvalue weighted by Gasteiger charge is -2.29. The number of nitrogens with one attached hydrogen (secondary N) is 1. The summed E-state index contributed by atoms with van der Waals surface area (Å²) in [7, 11) is 0. The van der Waals surface area contributed by atoms with E-state index >= 15 is 0 Å². The van der Waals surface area contributed by atoms with Crippen molar-refractivity contribution in [3.8, 4) is 0 Å². The topological polar surface area (TPSA) is 79.6 Å². The van der Waals surface area contributed by atoms with Crippen molar-refractivity contribution in [2.45, 2.75) is 37.2 Å². The lowest BCUT2D eigenvalue weighted by atomic mass is 10.2. The molecule has 1 N–H and O–H groups in total. The predicted octanol–water partition coefficient (Wildman–Crippen LogP) is 0.799. The fourth-order valence-electron chi connectivity index (χ4n) is 3.31. The van der Waals surface area contributed by atoms with Crippen molar-refractivity contribution >= 4 is 29.2 Å². The zero-order chi connectivity index (χ0) is 16.0. The third-order valence-corrected chi connectivity index (χ3v) is 6.06. The van der Waals surface area contributed by atoms with Gasteiger partial charge < -0.3 is 10.2 Å². The molecule has 0 saturated carbocycles. The van der Waals surface area contributed by atoms with E-state index in [9.17, 15) is 9.59 Å². The van der Waals surface area contributed by atoms with Crippen molar-refractivity contribution in [3.63, 3.8) is 0 Å². The molecule has 2 fully saturated rings. The first kappa shape index (κ1) is 14.5. The van der Waals surface area contributed by atoms with Gasteiger partial charge in [0.2, 0.25) is 11.8 Å². The molecule has 0 bridgehead atoms. The SMILES string of the molecule is C[C@]12CCC(=O)N1[C@H](C(=O)NCc1nnc3ccccn13)CS2. The van der Waals surface area contributed by atoms with E-state index in [1.165, 1.54) is 0 Å². The van der Waals surface area contributed by atoms with E-state index in [0.717, 1.165) is 12.1 Å². The number of thioether (sulfide) groups is 1. The first-order valence-corrected chi connectivity index (χ1v) is 8.59. The van der Waals surface area contributed by atoms with Crippen molar-refractivity contribution in [2.24, 2.45) is 0 Å². The highest BCUT2D eigenvalue weighted by molar-refractivity contribution is 8.01. The van der Waals surface area contributed by atoms with Crippen LogP contribution in [0.4, 0.5) is 0 Å². The Morgan fingerprint density at radius 2 is 2.35 bits per heavy atom. The fraction of sp³-hybridized carbons (Fsp3) is 0.467. The Balaban J connectivity index is 1.47. The molecule has 4 rings (SSSR count). The smallest absolute Gasteiger partial charge is 0.244 e. The highest BCUT2D eigenvalue weighted by Crippen LogP contribution is 2.47. The summed E-state index contributed by atoms with van der Waals surface area (Å²) in [6, 6.07) is 5.26. The van der Waals surface area contributed by atoms with Gasteiger partial charge in [0.25, 0.3) is 0 Å². The van der Waals surface area contributed by atoms with Gasteiger partial charge in [0.1, 0.15) is 6.04 Å². The summed E-state index contributed by atoms with van der Waals surface area (Å²) in [5.74, 6) is 1.28. The van der Waals surface area contributed by atoms with Crippen molar-refractivity contribution in [2.75, 3.05) is 5.75 Å². The van der Waals surface area contributed by atoms with Crippen LogP contribution in [0.25, 0.3) is 5.65 Å². The van der Waals surface area contributed by atoms with Crippen LogP contribution in [0.2, 0.25) is 0 Å². The van der Waals surface area contributed by atoms with Gasteiger partial charge in [-0.15, -0.1) is 22.0 Å². The van der Waals surface area contributed by atoms with Crippen molar-refractivity contribution in [1.29, 1.82) is 0 Å². The second-order valence-electron chi connectivity index (χ2n) is 6.03. The van der Waals surface area contributed by atoms with Crippen LogP contribution in [0.3, 0.4) is 0 Å². The molecule has 23 heavy (non-hydrogen) atoms.